The fourth-order valence-corrected chi connectivity index (χ4v) is 1.96. The van der Waals surface area contributed by atoms with Crippen LogP contribution in [-0.2, 0) is 4.74 Å². The van der Waals surface area contributed by atoms with Gasteiger partial charge >= 0.3 is 6.09 Å². The second kappa shape index (κ2) is 3.48. The Bertz CT molecular complexity index is 548. The molecule has 1 unspecified atom stereocenters. The number of alkyl carbamates (subject to hydrolysis) is 1. The van der Waals surface area contributed by atoms with Crippen LogP contribution in [0.3, 0.4) is 0 Å². The summed E-state index contributed by atoms with van der Waals surface area (Å²) in [6.07, 6.45) is 2.97. The summed E-state index contributed by atoms with van der Waals surface area (Å²) >= 11 is 0. The summed E-state index contributed by atoms with van der Waals surface area (Å²) < 4.78 is 5.17. The van der Waals surface area contributed by atoms with Crippen LogP contribution in [0.5, 0.6) is 0 Å². The van der Waals surface area contributed by atoms with Crippen molar-refractivity contribution in [3.63, 3.8) is 0 Å². The number of hydrogen-bond donors (Lipinski definition) is 1. The van der Waals surface area contributed by atoms with Gasteiger partial charge in [0.15, 0.2) is 0 Å². The lowest BCUT2D eigenvalue weighted by atomic mass is 10.0. The number of fused-ring (bicyclic) bond motifs is 1. The van der Waals surface area contributed by atoms with Gasteiger partial charge in [0.2, 0.25) is 0 Å². The molecule has 16 heavy (non-hydrogen) atoms. The number of amides is 1. The van der Waals surface area contributed by atoms with Crippen LogP contribution < -0.4 is 5.32 Å². The number of carbonyl (C=O) groups excluding carboxylic acids is 1. The van der Waals surface area contributed by atoms with Gasteiger partial charge < -0.3 is 10.1 Å². The average Bonchev–Trinajstić information content (AvgIpc) is 2.75. The van der Waals surface area contributed by atoms with E-state index in [1.54, 1.807) is 6.20 Å². The fraction of sp³-hybridized carbons (Fsp3) is 0.167. The van der Waals surface area contributed by atoms with Crippen LogP contribution in [0.1, 0.15) is 11.7 Å². The van der Waals surface area contributed by atoms with Gasteiger partial charge in [0, 0.05) is 23.3 Å². The summed E-state index contributed by atoms with van der Waals surface area (Å²) in [4.78, 5) is 15.2. The summed E-state index contributed by atoms with van der Waals surface area (Å²) in [7, 11) is 0. The number of rotatable bonds is 1. The number of carbonyl (C=O) groups is 1. The summed E-state index contributed by atoms with van der Waals surface area (Å²) in [6.45, 7) is 0.508. The van der Waals surface area contributed by atoms with E-state index in [9.17, 15) is 4.79 Å². The number of hydrogen-bond acceptors (Lipinski definition) is 3. The van der Waals surface area contributed by atoms with Crippen molar-refractivity contribution in [1.29, 1.82) is 0 Å². The van der Waals surface area contributed by atoms with Crippen LogP contribution in [0, 0.1) is 0 Å². The largest absolute Gasteiger partial charge is 0.439 e. The molecule has 1 amide bonds. The van der Waals surface area contributed by atoms with Crippen molar-refractivity contribution >= 4 is 16.9 Å². The summed E-state index contributed by atoms with van der Waals surface area (Å²) in [5.74, 6) is 0. The monoisotopic (exact) mass is 214 g/mol. The highest BCUT2D eigenvalue weighted by molar-refractivity contribution is 5.85. The second-order valence-corrected chi connectivity index (χ2v) is 3.72. The minimum atomic E-state index is -0.363. The molecule has 2 heterocycles. The third-order valence-electron chi connectivity index (χ3n) is 2.73. The van der Waals surface area contributed by atoms with Crippen molar-refractivity contribution in [2.75, 3.05) is 6.54 Å². The van der Waals surface area contributed by atoms with Crippen LogP contribution in [0.25, 0.3) is 10.8 Å². The zero-order chi connectivity index (χ0) is 11.0. The van der Waals surface area contributed by atoms with Crippen molar-refractivity contribution in [1.82, 2.24) is 10.3 Å². The highest BCUT2D eigenvalue weighted by atomic mass is 16.6. The molecule has 1 aromatic heterocycles. The molecular formula is C12H10N2O2. The number of nitrogens with one attached hydrogen (secondary N) is 1. The number of cyclic esters (lactones) is 1. The van der Waals surface area contributed by atoms with Gasteiger partial charge in [-0.25, -0.2) is 4.79 Å². The van der Waals surface area contributed by atoms with Crippen LogP contribution >= 0.6 is 0 Å². The molecule has 3 rings (SSSR count). The van der Waals surface area contributed by atoms with E-state index in [-0.39, 0.29) is 12.2 Å². The van der Waals surface area contributed by atoms with Crippen LogP contribution in [0.2, 0.25) is 0 Å². The van der Waals surface area contributed by atoms with Crippen molar-refractivity contribution in [2.24, 2.45) is 0 Å². The predicted octanol–water partition coefficient (Wildman–Crippen LogP) is 2.02. The Hall–Kier alpha value is -2.10. The van der Waals surface area contributed by atoms with Crippen molar-refractivity contribution < 1.29 is 9.53 Å². The lowest BCUT2D eigenvalue weighted by Gasteiger charge is -2.10. The Kier molecular flexibility index (Phi) is 1.99. The molecule has 2 aromatic rings. The smallest absolute Gasteiger partial charge is 0.407 e. The molecule has 1 atom stereocenters. The molecule has 0 radical (unpaired) electrons. The van der Waals surface area contributed by atoms with Gasteiger partial charge in [-0.2, -0.15) is 0 Å². The van der Waals surface area contributed by atoms with E-state index < -0.39 is 0 Å². The number of benzene rings is 1. The van der Waals surface area contributed by atoms with Crippen LogP contribution in [0.15, 0.2) is 36.7 Å². The van der Waals surface area contributed by atoms with E-state index in [1.165, 1.54) is 0 Å². The number of pyridine rings is 1. The second-order valence-electron chi connectivity index (χ2n) is 3.72. The van der Waals surface area contributed by atoms with Crippen LogP contribution in [0.4, 0.5) is 4.79 Å². The molecule has 4 nitrogen and oxygen atoms in total. The minimum absolute atomic E-state index is 0.230. The van der Waals surface area contributed by atoms with Gasteiger partial charge in [0.1, 0.15) is 6.10 Å². The van der Waals surface area contributed by atoms with E-state index in [1.807, 2.05) is 30.5 Å². The number of aromatic nitrogens is 1. The molecule has 1 aliphatic heterocycles. The molecule has 1 N–H and O–H groups in total. The molecule has 1 saturated heterocycles. The predicted molar refractivity (Wildman–Crippen MR) is 59.0 cm³/mol. The molecule has 80 valence electrons. The van der Waals surface area contributed by atoms with Crippen LogP contribution in [-0.4, -0.2) is 17.6 Å². The molecule has 0 aliphatic carbocycles. The standard InChI is InChI=1S/C12H10N2O2/c15-12-14-7-11(16-12)10-6-13-5-8-3-1-2-4-9(8)10/h1-6,11H,7H2,(H,14,15). The highest BCUT2D eigenvalue weighted by Crippen LogP contribution is 2.27. The molecule has 1 aliphatic rings. The maximum absolute atomic E-state index is 11.0. The number of ether oxygens (including phenoxy) is 1. The third kappa shape index (κ3) is 1.39. The van der Waals surface area contributed by atoms with E-state index in [4.69, 9.17) is 4.74 Å². The van der Waals surface area contributed by atoms with E-state index in [2.05, 4.69) is 10.3 Å². The van der Waals surface area contributed by atoms with Gasteiger partial charge in [-0.1, -0.05) is 24.3 Å². The zero-order valence-corrected chi connectivity index (χ0v) is 8.51. The van der Waals surface area contributed by atoms with Gasteiger partial charge in [-0.05, 0) is 5.39 Å². The first-order valence-electron chi connectivity index (χ1n) is 5.12. The molecule has 1 aromatic carbocycles. The molecule has 4 heteroatoms. The van der Waals surface area contributed by atoms with E-state index >= 15 is 0 Å². The van der Waals surface area contributed by atoms with Gasteiger partial charge in [0.05, 0.1) is 6.54 Å². The molecule has 0 saturated carbocycles. The van der Waals surface area contributed by atoms with Gasteiger partial charge in [-0.3, -0.25) is 4.98 Å². The Morgan fingerprint density at radius 2 is 2.19 bits per heavy atom. The Balaban J connectivity index is 2.13. The Morgan fingerprint density at radius 3 is 3.00 bits per heavy atom. The Morgan fingerprint density at radius 1 is 1.31 bits per heavy atom. The molecule has 0 bridgehead atoms. The van der Waals surface area contributed by atoms with Crippen molar-refractivity contribution in [2.45, 2.75) is 6.10 Å². The third-order valence-corrected chi connectivity index (χ3v) is 2.73. The maximum atomic E-state index is 11.0. The first-order valence-corrected chi connectivity index (χ1v) is 5.12. The van der Waals surface area contributed by atoms with Crippen molar-refractivity contribution in [3.8, 4) is 0 Å². The summed E-state index contributed by atoms with van der Waals surface area (Å²) in [5, 5.41) is 4.78. The van der Waals surface area contributed by atoms with E-state index in [0.717, 1.165) is 16.3 Å². The highest BCUT2D eigenvalue weighted by Gasteiger charge is 2.25. The summed E-state index contributed by atoms with van der Waals surface area (Å²) in [6, 6.07) is 7.94. The lowest BCUT2D eigenvalue weighted by molar-refractivity contribution is 0.141. The lowest BCUT2D eigenvalue weighted by Crippen LogP contribution is -2.12. The average molecular weight is 214 g/mol. The first-order chi connectivity index (χ1) is 7.84. The topological polar surface area (TPSA) is 51.2 Å². The fourth-order valence-electron chi connectivity index (χ4n) is 1.96. The molecular weight excluding hydrogens is 204 g/mol. The molecule has 0 spiro atoms. The first kappa shape index (κ1) is 9.15. The Labute approximate surface area is 92.2 Å². The van der Waals surface area contributed by atoms with Gasteiger partial charge in [-0.15, -0.1) is 0 Å². The maximum Gasteiger partial charge on any atom is 0.407 e. The zero-order valence-electron chi connectivity index (χ0n) is 8.51. The quantitative estimate of drug-likeness (QED) is 0.790. The summed E-state index contributed by atoms with van der Waals surface area (Å²) in [5.41, 5.74) is 0.955. The normalized spacial score (nSPS) is 19.5. The van der Waals surface area contributed by atoms with Gasteiger partial charge in [0.25, 0.3) is 0 Å². The minimum Gasteiger partial charge on any atom is -0.439 e. The number of nitrogens with zero attached hydrogens (tertiary/aromatic N) is 1. The van der Waals surface area contributed by atoms with E-state index in [0.29, 0.717) is 6.54 Å². The SMILES string of the molecule is O=C1NCC(c2cncc3ccccc23)O1. The van der Waals surface area contributed by atoms with Crippen molar-refractivity contribution in [3.05, 3.63) is 42.2 Å². The molecule has 1 fully saturated rings.